The van der Waals surface area contributed by atoms with E-state index in [4.69, 9.17) is 19.3 Å². The van der Waals surface area contributed by atoms with Crippen molar-refractivity contribution in [1.82, 2.24) is 0 Å². The van der Waals surface area contributed by atoms with E-state index in [9.17, 15) is 13.2 Å². The van der Waals surface area contributed by atoms with E-state index in [1.165, 1.54) is 39.5 Å². The summed E-state index contributed by atoms with van der Waals surface area (Å²) in [5, 5.41) is 8.89. The minimum atomic E-state index is -4.16. The van der Waals surface area contributed by atoms with E-state index in [0.717, 1.165) is 11.6 Å². The number of carbonyl (C=O) groups is 1. The molecule has 168 valence electrons. The molecule has 0 unspecified atom stereocenters. The number of hydrogen-bond acceptors (Lipinski definition) is 6. The number of aliphatic carboxylic acids is 1. The van der Waals surface area contributed by atoms with Crippen molar-refractivity contribution in [2.45, 2.75) is 31.1 Å². The van der Waals surface area contributed by atoms with Gasteiger partial charge >= 0.3 is 5.97 Å². The Morgan fingerprint density at radius 3 is 2.16 bits per heavy atom. The first-order valence-corrected chi connectivity index (χ1v) is 10.8. The largest absolute Gasteiger partial charge is 0.495 e. The smallest absolute Gasteiger partial charge is 0.328 e. The van der Waals surface area contributed by atoms with E-state index in [1.54, 1.807) is 12.1 Å². The lowest BCUT2D eigenvalue weighted by atomic mass is 9.87. The van der Waals surface area contributed by atoms with Crippen molar-refractivity contribution < 1.29 is 32.5 Å². The second kappa shape index (κ2) is 9.30. The summed E-state index contributed by atoms with van der Waals surface area (Å²) in [6.45, 7) is 6.04. The molecular formula is C22H27NO7S. The van der Waals surface area contributed by atoms with E-state index < -0.39 is 16.0 Å². The standard InChI is InChI=1S/C22H27NO7S/c1-22(2,3)15-8-9-17(28-4)16(13-15)23-31(26,27)19-12-14(7-10-20(24)25)11-18(29-5)21(19)30-6/h7-13,23H,1-6H3,(H,24,25)/b10-7+. The summed E-state index contributed by atoms with van der Waals surface area (Å²) >= 11 is 0. The SMILES string of the molecule is COc1ccc(C(C)(C)C)cc1NS(=O)(=O)c1cc(/C=C/C(=O)O)cc(OC)c1OC. The quantitative estimate of drug-likeness (QED) is 0.588. The first-order valence-electron chi connectivity index (χ1n) is 9.31. The molecule has 2 aromatic rings. The van der Waals surface area contributed by atoms with E-state index in [-0.39, 0.29) is 27.5 Å². The number of nitrogens with one attached hydrogen (secondary N) is 1. The molecule has 0 saturated heterocycles. The van der Waals surface area contributed by atoms with Gasteiger partial charge in [-0.05, 0) is 46.9 Å². The second-order valence-corrected chi connectivity index (χ2v) is 9.35. The molecule has 0 saturated carbocycles. The molecule has 9 heteroatoms. The van der Waals surface area contributed by atoms with Crippen molar-refractivity contribution in [2.75, 3.05) is 26.1 Å². The molecule has 0 aliphatic rings. The number of methoxy groups -OCH3 is 3. The van der Waals surface area contributed by atoms with Gasteiger partial charge in [0, 0.05) is 6.08 Å². The molecule has 0 fully saturated rings. The van der Waals surface area contributed by atoms with Crippen molar-refractivity contribution in [3.05, 3.63) is 47.5 Å². The van der Waals surface area contributed by atoms with Crippen molar-refractivity contribution in [3.8, 4) is 17.2 Å². The van der Waals surface area contributed by atoms with Crippen LogP contribution in [0.2, 0.25) is 0 Å². The summed E-state index contributed by atoms with van der Waals surface area (Å²) in [4.78, 5) is 10.7. The molecule has 0 aromatic heterocycles. The van der Waals surface area contributed by atoms with Crippen LogP contribution in [-0.4, -0.2) is 40.8 Å². The Hall–Kier alpha value is -3.20. The number of benzene rings is 2. The van der Waals surface area contributed by atoms with Gasteiger partial charge in [0.05, 0.1) is 27.0 Å². The number of sulfonamides is 1. The van der Waals surface area contributed by atoms with E-state index in [1.807, 2.05) is 26.8 Å². The molecule has 2 N–H and O–H groups in total. The monoisotopic (exact) mass is 449 g/mol. The molecule has 31 heavy (non-hydrogen) atoms. The van der Waals surface area contributed by atoms with E-state index >= 15 is 0 Å². The van der Waals surface area contributed by atoms with Crippen LogP contribution in [0.1, 0.15) is 31.9 Å². The predicted molar refractivity (Wildman–Crippen MR) is 119 cm³/mol. The molecule has 0 atom stereocenters. The van der Waals surface area contributed by atoms with Crippen LogP contribution in [0.25, 0.3) is 6.08 Å². The number of carboxylic acid groups (broad SMARTS) is 1. The van der Waals surface area contributed by atoms with Gasteiger partial charge in [-0.15, -0.1) is 0 Å². The third kappa shape index (κ3) is 5.69. The lowest BCUT2D eigenvalue weighted by Crippen LogP contribution is -2.17. The van der Waals surface area contributed by atoms with Crippen LogP contribution in [0.15, 0.2) is 41.3 Å². The van der Waals surface area contributed by atoms with Crippen LogP contribution in [-0.2, 0) is 20.2 Å². The number of hydrogen-bond donors (Lipinski definition) is 2. The molecule has 0 heterocycles. The Morgan fingerprint density at radius 1 is 1.00 bits per heavy atom. The van der Waals surface area contributed by atoms with Gasteiger partial charge in [0.2, 0.25) is 0 Å². The molecule has 0 aliphatic carbocycles. The molecule has 0 amide bonds. The van der Waals surface area contributed by atoms with Crippen molar-refractivity contribution in [2.24, 2.45) is 0 Å². The van der Waals surface area contributed by atoms with Gasteiger partial charge in [0.1, 0.15) is 10.6 Å². The number of anilines is 1. The molecule has 8 nitrogen and oxygen atoms in total. The van der Waals surface area contributed by atoms with E-state index in [2.05, 4.69) is 4.72 Å². The summed E-state index contributed by atoms with van der Waals surface area (Å²) in [7, 11) is -0.0245. The average molecular weight is 450 g/mol. The lowest BCUT2D eigenvalue weighted by molar-refractivity contribution is -0.131. The van der Waals surface area contributed by atoms with Gasteiger partial charge in [-0.25, -0.2) is 13.2 Å². The van der Waals surface area contributed by atoms with Gasteiger partial charge in [0.15, 0.2) is 11.5 Å². The minimum absolute atomic E-state index is 0.00609. The van der Waals surface area contributed by atoms with Gasteiger partial charge in [-0.1, -0.05) is 26.8 Å². The maximum absolute atomic E-state index is 13.3. The van der Waals surface area contributed by atoms with Crippen molar-refractivity contribution in [3.63, 3.8) is 0 Å². The van der Waals surface area contributed by atoms with Crippen LogP contribution in [0.5, 0.6) is 17.2 Å². The Balaban J connectivity index is 2.64. The highest BCUT2D eigenvalue weighted by Crippen LogP contribution is 2.38. The van der Waals surface area contributed by atoms with Gasteiger partial charge in [-0.3, -0.25) is 4.72 Å². The fourth-order valence-corrected chi connectivity index (χ4v) is 4.15. The molecule has 0 spiro atoms. The minimum Gasteiger partial charge on any atom is -0.495 e. The second-order valence-electron chi connectivity index (χ2n) is 7.70. The molecule has 0 radical (unpaired) electrons. The normalized spacial score (nSPS) is 11.9. The van der Waals surface area contributed by atoms with Crippen LogP contribution in [0.4, 0.5) is 5.69 Å². The highest BCUT2D eigenvalue weighted by molar-refractivity contribution is 7.92. The zero-order valence-electron chi connectivity index (χ0n) is 18.3. The summed E-state index contributed by atoms with van der Waals surface area (Å²) in [5.74, 6) is -0.676. The topological polar surface area (TPSA) is 111 Å². The molecule has 2 aromatic carbocycles. The summed E-state index contributed by atoms with van der Waals surface area (Å²) in [5.41, 5.74) is 1.28. The fourth-order valence-electron chi connectivity index (χ4n) is 2.87. The molecule has 0 bridgehead atoms. The Morgan fingerprint density at radius 2 is 1.65 bits per heavy atom. The van der Waals surface area contributed by atoms with Crippen molar-refractivity contribution >= 4 is 27.8 Å². The highest BCUT2D eigenvalue weighted by atomic mass is 32.2. The molecule has 2 rings (SSSR count). The third-order valence-corrected chi connectivity index (χ3v) is 5.86. The van der Waals surface area contributed by atoms with Crippen molar-refractivity contribution in [1.29, 1.82) is 0 Å². The Labute approximate surface area is 182 Å². The summed E-state index contributed by atoms with van der Waals surface area (Å²) < 4.78 is 45.1. The predicted octanol–water partition coefficient (Wildman–Crippen LogP) is 3.91. The number of carboxylic acids is 1. The maximum Gasteiger partial charge on any atom is 0.328 e. The zero-order valence-corrected chi connectivity index (χ0v) is 19.2. The first kappa shape index (κ1) is 24.1. The first-order chi connectivity index (χ1) is 14.4. The molecular weight excluding hydrogens is 422 g/mol. The van der Waals surface area contributed by atoms with Crippen LogP contribution < -0.4 is 18.9 Å². The fraction of sp³-hybridized carbons (Fsp3) is 0.318. The van der Waals surface area contributed by atoms with Gasteiger partial charge < -0.3 is 19.3 Å². The third-order valence-electron chi connectivity index (χ3n) is 4.48. The average Bonchev–Trinajstić information content (AvgIpc) is 2.70. The van der Waals surface area contributed by atoms with Gasteiger partial charge in [0.25, 0.3) is 10.0 Å². The Kier molecular flexibility index (Phi) is 7.22. The van der Waals surface area contributed by atoms with E-state index in [0.29, 0.717) is 11.3 Å². The number of rotatable bonds is 8. The van der Waals surface area contributed by atoms with Crippen LogP contribution in [0, 0.1) is 0 Å². The molecule has 0 aliphatic heterocycles. The highest BCUT2D eigenvalue weighted by Gasteiger charge is 2.26. The van der Waals surface area contributed by atoms with Gasteiger partial charge in [-0.2, -0.15) is 0 Å². The van der Waals surface area contributed by atoms with Crippen LogP contribution in [0.3, 0.4) is 0 Å². The summed E-state index contributed by atoms with van der Waals surface area (Å²) in [6, 6.07) is 8.08. The lowest BCUT2D eigenvalue weighted by Gasteiger charge is -2.22. The number of ether oxygens (including phenoxy) is 3. The maximum atomic E-state index is 13.3. The zero-order chi connectivity index (χ0) is 23.4. The summed E-state index contributed by atoms with van der Waals surface area (Å²) in [6.07, 6.45) is 2.17. The van der Waals surface area contributed by atoms with Crippen LogP contribution >= 0.6 is 0 Å². The Bertz CT molecular complexity index is 1100.